The molecule has 0 unspecified atom stereocenters. The van der Waals surface area contributed by atoms with Crippen molar-refractivity contribution in [3.05, 3.63) is 83.4 Å². The monoisotopic (exact) mass is 476 g/mol. The number of hydrogen-bond acceptors (Lipinski definition) is 3. The lowest BCUT2D eigenvalue weighted by Crippen LogP contribution is -2.36. The molecule has 5 rings (SSSR count). The second-order valence-corrected chi connectivity index (χ2v) is 7.74. The molecule has 0 saturated heterocycles. The summed E-state index contributed by atoms with van der Waals surface area (Å²) in [7, 11) is 0. The van der Waals surface area contributed by atoms with Crippen molar-refractivity contribution in [2.45, 2.75) is 18.5 Å². The van der Waals surface area contributed by atoms with Crippen LogP contribution in [0, 0.1) is 5.82 Å². The summed E-state index contributed by atoms with van der Waals surface area (Å²) in [5.74, 6) is -6.57. The number of carbonyl (C=O) groups excluding carboxylic acids is 1. The zero-order valence-electron chi connectivity index (χ0n) is 17.2. The van der Waals surface area contributed by atoms with Crippen molar-refractivity contribution in [2.75, 3.05) is 11.4 Å². The van der Waals surface area contributed by atoms with Gasteiger partial charge in [-0.2, -0.15) is 27.1 Å². The number of aromatic nitrogens is 3. The van der Waals surface area contributed by atoms with E-state index < -0.39 is 29.5 Å². The number of alkyl halides is 5. The fourth-order valence-corrected chi connectivity index (χ4v) is 3.90. The van der Waals surface area contributed by atoms with E-state index in [1.807, 2.05) is 12.1 Å². The molecule has 34 heavy (non-hydrogen) atoms. The summed E-state index contributed by atoms with van der Waals surface area (Å²) < 4.78 is 82.4. The van der Waals surface area contributed by atoms with E-state index in [9.17, 15) is 31.1 Å². The van der Waals surface area contributed by atoms with Crippen LogP contribution in [-0.2, 0) is 12.3 Å². The summed E-state index contributed by atoms with van der Waals surface area (Å²) in [5, 5.41) is 3.78. The van der Waals surface area contributed by atoms with Gasteiger partial charge in [0.25, 0.3) is 5.91 Å². The molecule has 0 fully saturated rings. The largest absolute Gasteiger partial charge is 0.459 e. The Labute approximate surface area is 188 Å². The molecule has 2 aromatic carbocycles. The normalized spacial score (nSPS) is 14.0. The number of hydrogen-bond donors (Lipinski definition) is 0. The van der Waals surface area contributed by atoms with Crippen LogP contribution in [0.3, 0.4) is 0 Å². The number of benzene rings is 2. The Bertz CT molecular complexity index is 1410. The van der Waals surface area contributed by atoms with Crippen molar-refractivity contribution in [3.8, 4) is 11.3 Å². The van der Waals surface area contributed by atoms with Gasteiger partial charge in [0.15, 0.2) is 11.3 Å². The van der Waals surface area contributed by atoms with Gasteiger partial charge in [-0.05, 0) is 48.4 Å². The number of anilines is 1. The molecule has 0 spiro atoms. The van der Waals surface area contributed by atoms with E-state index in [1.165, 1.54) is 17.0 Å². The van der Waals surface area contributed by atoms with Crippen LogP contribution in [-0.4, -0.2) is 33.2 Å². The fraction of sp³-hybridized carbons (Fsp3) is 0.174. The molecule has 0 saturated carbocycles. The maximum atomic E-state index is 14.5. The lowest BCUT2D eigenvalue weighted by molar-refractivity contribution is -0.291. The molecular weight excluding hydrogens is 462 g/mol. The Balaban J connectivity index is 1.66. The predicted molar refractivity (Wildman–Crippen MR) is 110 cm³/mol. The van der Waals surface area contributed by atoms with Crippen LogP contribution in [0.1, 0.15) is 21.7 Å². The van der Waals surface area contributed by atoms with Gasteiger partial charge in [-0.25, -0.2) is 13.9 Å². The Morgan fingerprint density at radius 2 is 1.65 bits per heavy atom. The van der Waals surface area contributed by atoms with Crippen molar-refractivity contribution in [1.29, 1.82) is 0 Å². The number of rotatable bonds is 3. The first kappa shape index (κ1) is 21.9. The molecular formula is C23H14F6N4O. The van der Waals surface area contributed by atoms with Crippen LogP contribution in [0.25, 0.3) is 16.9 Å². The SMILES string of the molecule is O=C(c1cc2nc(-c3ccc(F)cc3)cc(C(F)(F)C(F)(F)F)n2n1)N1CCc2ccccc21. The lowest BCUT2D eigenvalue weighted by atomic mass is 10.1. The third-order valence-corrected chi connectivity index (χ3v) is 5.60. The van der Waals surface area contributed by atoms with E-state index in [1.54, 1.807) is 12.1 Å². The molecule has 11 heteroatoms. The van der Waals surface area contributed by atoms with Gasteiger partial charge in [0.1, 0.15) is 11.5 Å². The number of nitrogens with zero attached hydrogens (tertiary/aromatic N) is 4. The average molecular weight is 476 g/mol. The van der Waals surface area contributed by atoms with Gasteiger partial charge in [0.2, 0.25) is 0 Å². The van der Waals surface area contributed by atoms with Crippen molar-refractivity contribution in [2.24, 2.45) is 0 Å². The molecule has 0 radical (unpaired) electrons. The Kier molecular flexibility index (Phi) is 4.88. The fourth-order valence-electron chi connectivity index (χ4n) is 3.90. The van der Waals surface area contributed by atoms with Crippen LogP contribution < -0.4 is 4.90 Å². The summed E-state index contributed by atoms with van der Waals surface area (Å²) in [6.45, 7) is 0.311. The molecule has 2 aromatic heterocycles. The molecule has 1 aliphatic rings. The Morgan fingerprint density at radius 3 is 2.35 bits per heavy atom. The van der Waals surface area contributed by atoms with Gasteiger partial charge >= 0.3 is 12.1 Å². The molecule has 174 valence electrons. The van der Waals surface area contributed by atoms with Gasteiger partial charge in [-0.3, -0.25) is 4.79 Å². The molecule has 1 aliphatic heterocycles. The van der Waals surface area contributed by atoms with Crippen LogP contribution in [0.2, 0.25) is 0 Å². The summed E-state index contributed by atoms with van der Waals surface area (Å²) in [4.78, 5) is 18.6. The molecule has 0 N–H and O–H groups in total. The minimum absolute atomic E-state index is 0.116. The van der Waals surface area contributed by atoms with Gasteiger partial charge in [-0.15, -0.1) is 0 Å². The van der Waals surface area contributed by atoms with E-state index in [2.05, 4.69) is 10.1 Å². The van der Waals surface area contributed by atoms with Crippen molar-refractivity contribution in [1.82, 2.24) is 14.6 Å². The Morgan fingerprint density at radius 1 is 0.941 bits per heavy atom. The zero-order valence-corrected chi connectivity index (χ0v) is 17.2. The van der Waals surface area contributed by atoms with Crippen molar-refractivity contribution < 1.29 is 31.1 Å². The highest BCUT2D eigenvalue weighted by Gasteiger charge is 2.60. The van der Waals surface area contributed by atoms with Crippen LogP contribution in [0.5, 0.6) is 0 Å². The average Bonchev–Trinajstić information content (AvgIpc) is 3.42. The standard InChI is InChI=1S/C23H14F6N4O/c24-15-7-5-13(6-8-15)16-11-19(22(25,26)23(27,28)29)33-20(30-16)12-17(31-33)21(34)32-10-9-14-3-1-2-4-18(14)32/h1-8,11-12H,9-10H2. The molecule has 0 atom stereocenters. The van der Waals surface area contributed by atoms with Gasteiger partial charge in [0.05, 0.1) is 5.69 Å². The minimum Gasteiger partial charge on any atom is -0.306 e. The first-order chi connectivity index (χ1) is 16.1. The Hall–Kier alpha value is -3.89. The molecule has 1 amide bonds. The second kappa shape index (κ2) is 7.57. The van der Waals surface area contributed by atoms with E-state index in [0.717, 1.165) is 23.8 Å². The predicted octanol–water partition coefficient (Wildman–Crippen LogP) is 5.39. The van der Waals surface area contributed by atoms with Crippen LogP contribution in [0.4, 0.5) is 32.0 Å². The third kappa shape index (κ3) is 3.47. The number of fused-ring (bicyclic) bond motifs is 2. The molecule has 5 nitrogen and oxygen atoms in total. The van der Waals surface area contributed by atoms with Crippen molar-refractivity contribution in [3.63, 3.8) is 0 Å². The van der Waals surface area contributed by atoms with Gasteiger partial charge in [0, 0.05) is 23.9 Å². The maximum Gasteiger partial charge on any atom is 0.459 e. The molecule has 4 aromatic rings. The van der Waals surface area contributed by atoms with Gasteiger partial charge in [-0.1, -0.05) is 18.2 Å². The topological polar surface area (TPSA) is 50.5 Å². The third-order valence-electron chi connectivity index (χ3n) is 5.60. The van der Waals surface area contributed by atoms with Crippen molar-refractivity contribution >= 4 is 17.2 Å². The van der Waals surface area contributed by atoms with Crippen LogP contribution >= 0.6 is 0 Å². The maximum absolute atomic E-state index is 14.5. The quantitative estimate of drug-likeness (QED) is 0.373. The van der Waals surface area contributed by atoms with E-state index in [-0.39, 0.29) is 22.6 Å². The first-order valence-corrected chi connectivity index (χ1v) is 10.1. The van der Waals surface area contributed by atoms with Crippen LogP contribution in [0.15, 0.2) is 60.7 Å². The lowest BCUT2D eigenvalue weighted by Gasteiger charge is -2.21. The summed E-state index contributed by atoms with van der Waals surface area (Å²) in [6.07, 6.45) is -5.36. The van der Waals surface area contributed by atoms with E-state index in [0.29, 0.717) is 29.2 Å². The van der Waals surface area contributed by atoms with E-state index in [4.69, 9.17) is 0 Å². The minimum atomic E-state index is -5.93. The molecule has 3 heterocycles. The highest BCUT2D eigenvalue weighted by atomic mass is 19.4. The second-order valence-electron chi connectivity index (χ2n) is 7.74. The van der Waals surface area contributed by atoms with Gasteiger partial charge < -0.3 is 4.90 Å². The smallest absolute Gasteiger partial charge is 0.306 e. The highest BCUT2D eigenvalue weighted by molar-refractivity contribution is 6.06. The number of halogens is 6. The molecule has 0 bridgehead atoms. The zero-order chi connectivity index (χ0) is 24.3. The first-order valence-electron chi connectivity index (χ1n) is 10.1. The summed E-state index contributed by atoms with van der Waals surface area (Å²) in [6, 6.07) is 13.1. The summed E-state index contributed by atoms with van der Waals surface area (Å²) >= 11 is 0. The summed E-state index contributed by atoms with van der Waals surface area (Å²) in [5.41, 5.74) is -0.838. The highest BCUT2D eigenvalue weighted by Crippen LogP contribution is 2.44. The van der Waals surface area contributed by atoms with E-state index >= 15 is 0 Å². The number of amides is 1. The number of carbonyl (C=O) groups is 1. The molecule has 0 aliphatic carbocycles. The number of para-hydroxylation sites is 1.